The van der Waals surface area contributed by atoms with Gasteiger partial charge in [-0.25, -0.2) is 4.39 Å². The van der Waals surface area contributed by atoms with Crippen LogP contribution in [0.15, 0.2) is 91.0 Å². The first-order chi connectivity index (χ1) is 21.1. The van der Waals surface area contributed by atoms with Gasteiger partial charge in [0.05, 0.1) is 6.54 Å². The van der Waals surface area contributed by atoms with Crippen LogP contribution < -0.4 is 11.1 Å². The Labute approximate surface area is 259 Å². The summed E-state index contributed by atoms with van der Waals surface area (Å²) in [5, 5.41) is 4.86. The molecule has 0 radical (unpaired) electrons. The highest BCUT2D eigenvalue weighted by atomic mass is 35.5. The number of amides is 4. The fraction of sp³-hybridized carbons (Fsp3) is 0.235. The molecule has 8 nitrogen and oxygen atoms in total. The van der Waals surface area contributed by atoms with E-state index in [1.165, 1.54) is 28.0 Å². The maximum absolute atomic E-state index is 14.5. The Hall–Kier alpha value is -4.76. The summed E-state index contributed by atoms with van der Waals surface area (Å²) in [6.45, 7) is 1.55. The first kappa shape index (κ1) is 30.7. The van der Waals surface area contributed by atoms with E-state index in [0.29, 0.717) is 17.0 Å². The number of nitrogens with zero attached hydrogens (tertiary/aromatic N) is 2. The summed E-state index contributed by atoms with van der Waals surface area (Å²) in [7, 11) is 0. The normalized spacial score (nSPS) is 17.7. The minimum absolute atomic E-state index is 0.0630. The SMILES string of the molecule is C[C@@H]1CCN([C@H](Cc2cccc3ccccc23)C(N)=O)C(=O)[C@H](c2cccc(Cl)c2)N1C(=O)CNC(=O)c1cccc(F)c1. The van der Waals surface area contributed by atoms with Gasteiger partial charge < -0.3 is 20.9 Å². The molecule has 0 saturated carbocycles. The van der Waals surface area contributed by atoms with Crippen molar-refractivity contribution in [3.05, 3.63) is 119 Å². The van der Waals surface area contributed by atoms with E-state index in [0.717, 1.165) is 22.4 Å². The summed E-state index contributed by atoms with van der Waals surface area (Å²) >= 11 is 6.32. The number of primary amides is 1. The third-order valence-electron chi connectivity index (χ3n) is 8.00. The first-order valence-corrected chi connectivity index (χ1v) is 14.7. The van der Waals surface area contributed by atoms with Crippen LogP contribution in [0, 0.1) is 5.82 Å². The molecule has 0 unspecified atom stereocenters. The Kier molecular flexibility index (Phi) is 9.25. The summed E-state index contributed by atoms with van der Waals surface area (Å²) in [6.07, 6.45) is 0.544. The van der Waals surface area contributed by atoms with Crippen molar-refractivity contribution in [2.45, 2.75) is 37.9 Å². The molecule has 0 spiro atoms. The second-order valence-electron chi connectivity index (χ2n) is 10.9. The van der Waals surface area contributed by atoms with Crippen molar-refractivity contribution in [3.63, 3.8) is 0 Å². The standard InChI is InChI=1S/C34H32ClFN4O4/c1-21-15-16-39(29(32(37)42)19-23-9-4-8-22-7-2-3-14-28(22)23)34(44)31(24-10-5-12-26(35)17-24)40(21)30(41)20-38-33(43)25-11-6-13-27(36)18-25/h2-14,17-18,21,29,31H,15-16,19-20H2,1H3,(H2,37,42)(H,38,43)/t21-,29-,31+/m1/s1. The molecule has 4 aromatic rings. The highest BCUT2D eigenvalue weighted by molar-refractivity contribution is 6.30. The molecule has 0 aromatic heterocycles. The number of carbonyl (C=O) groups is 4. The second kappa shape index (κ2) is 13.3. The minimum Gasteiger partial charge on any atom is -0.368 e. The Morgan fingerprint density at radius 3 is 2.48 bits per heavy atom. The highest BCUT2D eigenvalue weighted by Gasteiger charge is 2.43. The van der Waals surface area contributed by atoms with E-state index in [9.17, 15) is 23.6 Å². The number of nitrogens with one attached hydrogen (secondary N) is 1. The number of hydrogen-bond donors (Lipinski definition) is 2. The van der Waals surface area contributed by atoms with E-state index in [1.54, 1.807) is 24.3 Å². The van der Waals surface area contributed by atoms with Gasteiger partial charge in [-0.05, 0) is 65.6 Å². The molecule has 0 aliphatic carbocycles. The van der Waals surface area contributed by atoms with E-state index in [4.69, 9.17) is 17.3 Å². The van der Waals surface area contributed by atoms with Gasteiger partial charge >= 0.3 is 0 Å². The topological polar surface area (TPSA) is 113 Å². The summed E-state index contributed by atoms with van der Waals surface area (Å²) < 4.78 is 13.7. The van der Waals surface area contributed by atoms with Gasteiger partial charge in [-0.1, -0.05) is 72.3 Å². The third kappa shape index (κ3) is 6.58. The first-order valence-electron chi connectivity index (χ1n) is 14.3. The molecule has 10 heteroatoms. The molecule has 5 rings (SSSR count). The third-order valence-corrected chi connectivity index (χ3v) is 8.23. The Morgan fingerprint density at radius 2 is 1.73 bits per heavy atom. The molecular weight excluding hydrogens is 583 g/mol. The van der Waals surface area contributed by atoms with Gasteiger partial charge in [0.2, 0.25) is 11.8 Å². The van der Waals surface area contributed by atoms with Gasteiger partial charge in [0.25, 0.3) is 11.8 Å². The molecule has 1 aliphatic heterocycles. The van der Waals surface area contributed by atoms with Crippen LogP contribution in [0.5, 0.6) is 0 Å². The number of fused-ring (bicyclic) bond motifs is 1. The molecule has 226 valence electrons. The highest BCUT2D eigenvalue weighted by Crippen LogP contribution is 2.33. The van der Waals surface area contributed by atoms with E-state index < -0.39 is 54.1 Å². The fourth-order valence-corrected chi connectivity index (χ4v) is 6.01. The maximum Gasteiger partial charge on any atom is 0.251 e. The largest absolute Gasteiger partial charge is 0.368 e. The van der Waals surface area contributed by atoms with Crippen LogP contribution in [0.1, 0.15) is 40.9 Å². The Balaban J connectivity index is 1.47. The number of rotatable bonds is 8. The summed E-state index contributed by atoms with van der Waals surface area (Å²) in [6, 6.07) is 22.8. The minimum atomic E-state index is -1.14. The molecule has 4 aromatic carbocycles. The second-order valence-corrected chi connectivity index (χ2v) is 11.3. The van der Waals surface area contributed by atoms with Gasteiger partial charge in [-0.3, -0.25) is 19.2 Å². The zero-order valence-corrected chi connectivity index (χ0v) is 24.8. The maximum atomic E-state index is 14.5. The molecule has 3 N–H and O–H groups in total. The zero-order chi connectivity index (χ0) is 31.4. The lowest BCUT2D eigenvalue weighted by Gasteiger charge is -2.36. The van der Waals surface area contributed by atoms with Crippen molar-refractivity contribution >= 4 is 46.0 Å². The molecular formula is C34H32ClFN4O4. The van der Waals surface area contributed by atoms with Crippen molar-refractivity contribution in [3.8, 4) is 0 Å². The van der Waals surface area contributed by atoms with Crippen LogP contribution in [0.4, 0.5) is 4.39 Å². The molecule has 3 atom stereocenters. The lowest BCUT2D eigenvalue weighted by molar-refractivity contribution is -0.148. The lowest BCUT2D eigenvalue weighted by atomic mass is 9.96. The van der Waals surface area contributed by atoms with E-state index in [-0.39, 0.29) is 18.5 Å². The van der Waals surface area contributed by atoms with Gasteiger partial charge in [0.1, 0.15) is 17.9 Å². The quantitative estimate of drug-likeness (QED) is 0.301. The predicted molar refractivity (Wildman–Crippen MR) is 166 cm³/mol. The monoisotopic (exact) mass is 614 g/mol. The zero-order valence-electron chi connectivity index (χ0n) is 24.1. The van der Waals surface area contributed by atoms with Crippen LogP contribution in [-0.4, -0.2) is 58.6 Å². The molecule has 0 bridgehead atoms. The molecule has 1 saturated heterocycles. The smallest absolute Gasteiger partial charge is 0.251 e. The van der Waals surface area contributed by atoms with Gasteiger partial charge in [0.15, 0.2) is 0 Å². The van der Waals surface area contributed by atoms with Gasteiger partial charge in [-0.2, -0.15) is 0 Å². The Bertz CT molecular complexity index is 1730. The van der Waals surface area contributed by atoms with Crippen LogP contribution in [0.3, 0.4) is 0 Å². The molecule has 1 aliphatic rings. The average molecular weight is 615 g/mol. The van der Waals surface area contributed by atoms with Crippen molar-refractivity contribution < 1.29 is 23.6 Å². The fourth-order valence-electron chi connectivity index (χ4n) is 5.81. The number of nitrogens with two attached hydrogens (primary N) is 1. The molecule has 44 heavy (non-hydrogen) atoms. The summed E-state index contributed by atoms with van der Waals surface area (Å²) in [5.74, 6) is -2.87. The van der Waals surface area contributed by atoms with Crippen molar-refractivity contribution in [2.24, 2.45) is 5.73 Å². The molecule has 1 fully saturated rings. The Morgan fingerprint density at radius 1 is 1.00 bits per heavy atom. The number of halogens is 2. The lowest BCUT2D eigenvalue weighted by Crippen LogP contribution is -2.53. The van der Waals surface area contributed by atoms with E-state index in [2.05, 4.69) is 5.32 Å². The van der Waals surface area contributed by atoms with Gasteiger partial charge in [0, 0.05) is 29.6 Å². The van der Waals surface area contributed by atoms with Crippen LogP contribution in [0.25, 0.3) is 10.8 Å². The average Bonchev–Trinajstić information content (AvgIpc) is 3.13. The van der Waals surface area contributed by atoms with E-state index in [1.807, 2.05) is 49.4 Å². The summed E-state index contributed by atoms with van der Waals surface area (Å²) in [4.78, 5) is 56.8. The van der Waals surface area contributed by atoms with Crippen LogP contribution in [0.2, 0.25) is 5.02 Å². The van der Waals surface area contributed by atoms with Crippen molar-refractivity contribution in [1.82, 2.24) is 15.1 Å². The summed E-state index contributed by atoms with van der Waals surface area (Å²) in [5.41, 5.74) is 7.33. The predicted octanol–water partition coefficient (Wildman–Crippen LogP) is 4.65. The number of hydrogen-bond acceptors (Lipinski definition) is 4. The molecule has 1 heterocycles. The van der Waals surface area contributed by atoms with Crippen LogP contribution >= 0.6 is 11.6 Å². The van der Waals surface area contributed by atoms with Crippen molar-refractivity contribution in [1.29, 1.82) is 0 Å². The molecule has 4 amide bonds. The van der Waals surface area contributed by atoms with Gasteiger partial charge in [-0.15, -0.1) is 0 Å². The van der Waals surface area contributed by atoms with E-state index >= 15 is 0 Å². The van der Waals surface area contributed by atoms with Crippen molar-refractivity contribution in [2.75, 3.05) is 13.1 Å². The number of carbonyl (C=O) groups excluding carboxylic acids is 4. The van der Waals surface area contributed by atoms with Crippen LogP contribution in [-0.2, 0) is 20.8 Å². The number of benzene rings is 4.